The van der Waals surface area contributed by atoms with Crippen LogP contribution in [0.3, 0.4) is 0 Å². The minimum absolute atomic E-state index is 0.181. The van der Waals surface area contributed by atoms with E-state index in [9.17, 15) is 4.39 Å². The molecule has 0 unspecified atom stereocenters. The van der Waals surface area contributed by atoms with Crippen LogP contribution in [0.15, 0.2) is 12.1 Å². The summed E-state index contributed by atoms with van der Waals surface area (Å²) in [5.74, 6) is 5.27. The Morgan fingerprint density at radius 1 is 1.55 bits per heavy atom. The molecule has 11 heavy (non-hydrogen) atoms. The summed E-state index contributed by atoms with van der Waals surface area (Å²) in [6.45, 7) is 0. The van der Waals surface area contributed by atoms with Crippen molar-refractivity contribution in [3.63, 3.8) is 0 Å². The molecule has 1 aromatic heterocycles. The average Bonchev–Trinajstić information content (AvgIpc) is 2.05. The van der Waals surface area contributed by atoms with Gasteiger partial charge < -0.3 is 10.7 Å². The van der Waals surface area contributed by atoms with Gasteiger partial charge in [0.15, 0.2) is 11.6 Å². The monoisotopic (exact) mass is 156 g/mol. The van der Waals surface area contributed by atoms with Crippen LogP contribution in [0, 0.1) is 5.82 Å². The third kappa shape index (κ3) is 1.56. The molecule has 0 radical (unpaired) electrons. The zero-order chi connectivity index (χ0) is 8.27. The molecular formula is C6H9FN4. The Kier molecular flexibility index (Phi) is 2.22. The third-order valence-electron chi connectivity index (χ3n) is 1.23. The summed E-state index contributed by atoms with van der Waals surface area (Å²) >= 11 is 0. The van der Waals surface area contributed by atoms with Gasteiger partial charge in [0.05, 0.1) is 0 Å². The van der Waals surface area contributed by atoms with E-state index in [4.69, 9.17) is 5.84 Å². The van der Waals surface area contributed by atoms with Crippen molar-refractivity contribution in [3.8, 4) is 0 Å². The maximum absolute atomic E-state index is 12.7. The van der Waals surface area contributed by atoms with Crippen LogP contribution in [0.4, 0.5) is 16.0 Å². The van der Waals surface area contributed by atoms with E-state index in [2.05, 4.69) is 15.7 Å². The highest BCUT2D eigenvalue weighted by atomic mass is 19.1. The highest BCUT2D eigenvalue weighted by Gasteiger charge is 2.00. The molecule has 4 nitrogen and oxygen atoms in total. The minimum Gasteiger partial charge on any atom is -0.371 e. The van der Waals surface area contributed by atoms with E-state index >= 15 is 0 Å². The molecule has 0 aromatic carbocycles. The van der Waals surface area contributed by atoms with Gasteiger partial charge >= 0.3 is 0 Å². The van der Waals surface area contributed by atoms with E-state index in [-0.39, 0.29) is 5.82 Å². The molecule has 1 rings (SSSR count). The maximum Gasteiger partial charge on any atom is 0.165 e. The highest BCUT2D eigenvalue weighted by Crippen LogP contribution is 2.12. The zero-order valence-corrected chi connectivity index (χ0v) is 6.06. The van der Waals surface area contributed by atoms with E-state index in [1.807, 2.05) is 0 Å². The van der Waals surface area contributed by atoms with Crippen molar-refractivity contribution in [3.05, 3.63) is 17.9 Å². The van der Waals surface area contributed by atoms with Crippen LogP contribution in [-0.4, -0.2) is 12.0 Å². The number of nitrogens with one attached hydrogen (secondary N) is 2. The number of nitrogens with zero attached hydrogens (tertiary/aromatic N) is 1. The molecular weight excluding hydrogens is 147 g/mol. The Morgan fingerprint density at radius 3 is 2.82 bits per heavy atom. The summed E-state index contributed by atoms with van der Waals surface area (Å²) in [5.41, 5.74) is 2.31. The molecule has 0 saturated carbocycles. The van der Waals surface area contributed by atoms with Gasteiger partial charge in [-0.1, -0.05) is 0 Å². The quantitative estimate of drug-likeness (QED) is 0.432. The fourth-order valence-electron chi connectivity index (χ4n) is 0.698. The number of hydrogen-bond donors (Lipinski definition) is 3. The molecule has 5 heteroatoms. The van der Waals surface area contributed by atoms with Gasteiger partial charge in [0.2, 0.25) is 0 Å². The summed E-state index contributed by atoms with van der Waals surface area (Å²) in [4.78, 5) is 3.79. The molecule has 0 bridgehead atoms. The van der Waals surface area contributed by atoms with E-state index < -0.39 is 5.82 Å². The number of nitrogen functional groups attached to an aromatic ring is 1. The smallest absolute Gasteiger partial charge is 0.165 e. The molecule has 0 aliphatic carbocycles. The first-order valence-electron chi connectivity index (χ1n) is 3.09. The first kappa shape index (κ1) is 7.74. The van der Waals surface area contributed by atoms with Gasteiger partial charge in [-0.3, -0.25) is 0 Å². The summed E-state index contributed by atoms with van der Waals surface area (Å²) in [6.07, 6.45) is 0. The molecule has 0 aliphatic heterocycles. The topological polar surface area (TPSA) is 63.0 Å². The molecule has 0 fully saturated rings. The number of halogens is 1. The first-order valence-corrected chi connectivity index (χ1v) is 3.09. The number of nitrogens with two attached hydrogens (primary N) is 1. The van der Waals surface area contributed by atoms with E-state index in [0.29, 0.717) is 5.82 Å². The van der Waals surface area contributed by atoms with Gasteiger partial charge in [-0.2, -0.15) is 0 Å². The molecule has 60 valence electrons. The van der Waals surface area contributed by atoms with Gasteiger partial charge in [0.1, 0.15) is 5.82 Å². The molecule has 0 amide bonds. The Balaban J connectivity index is 3.02. The number of rotatable bonds is 2. The van der Waals surface area contributed by atoms with Crippen molar-refractivity contribution < 1.29 is 4.39 Å². The van der Waals surface area contributed by atoms with Gasteiger partial charge in [-0.25, -0.2) is 15.2 Å². The maximum atomic E-state index is 12.7. The van der Waals surface area contributed by atoms with Gasteiger partial charge in [0.25, 0.3) is 0 Å². The number of hydrogen-bond acceptors (Lipinski definition) is 4. The fourth-order valence-corrected chi connectivity index (χ4v) is 0.698. The summed E-state index contributed by atoms with van der Waals surface area (Å²) in [7, 11) is 1.59. The number of anilines is 2. The van der Waals surface area contributed by atoms with Gasteiger partial charge in [-0.15, -0.1) is 0 Å². The van der Waals surface area contributed by atoms with E-state index in [1.165, 1.54) is 12.1 Å². The van der Waals surface area contributed by atoms with Crippen LogP contribution in [0.5, 0.6) is 0 Å². The number of hydrazine groups is 1. The van der Waals surface area contributed by atoms with Gasteiger partial charge in [-0.05, 0) is 12.1 Å². The van der Waals surface area contributed by atoms with Crippen LogP contribution in [-0.2, 0) is 0 Å². The lowest BCUT2D eigenvalue weighted by Crippen LogP contribution is -2.09. The highest BCUT2D eigenvalue weighted by molar-refractivity contribution is 5.45. The Bertz CT molecular complexity index is 250. The Labute approximate surface area is 63.6 Å². The Hall–Kier alpha value is -1.36. The molecule has 0 atom stereocenters. The van der Waals surface area contributed by atoms with E-state index in [0.717, 1.165) is 0 Å². The van der Waals surface area contributed by atoms with Crippen molar-refractivity contribution in [2.75, 3.05) is 17.8 Å². The van der Waals surface area contributed by atoms with Crippen LogP contribution >= 0.6 is 0 Å². The molecule has 0 saturated heterocycles. The lowest BCUT2D eigenvalue weighted by molar-refractivity contribution is 0.626. The molecule has 1 aromatic rings. The van der Waals surface area contributed by atoms with Gasteiger partial charge in [0, 0.05) is 7.05 Å². The molecule has 0 spiro atoms. The van der Waals surface area contributed by atoms with Crippen molar-refractivity contribution >= 4 is 11.6 Å². The van der Waals surface area contributed by atoms with Crippen LogP contribution in [0.2, 0.25) is 0 Å². The van der Waals surface area contributed by atoms with Crippen LogP contribution in [0.25, 0.3) is 0 Å². The SMILES string of the molecule is CNc1nc(NN)ccc1F. The second kappa shape index (κ2) is 3.16. The normalized spacial score (nSPS) is 9.36. The first-order chi connectivity index (χ1) is 5.27. The summed E-state index contributed by atoms with van der Waals surface area (Å²) < 4.78 is 12.7. The zero-order valence-electron chi connectivity index (χ0n) is 6.06. The number of pyridine rings is 1. The lowest BCUT2D eigenvalue weighted by Gasteiger charge is -2.03. The average molecular weight is 156 g/mol. The van der Waals surface area contributed by atoms with Crippen LogP contribution < -0.4 is 16.6 Å². The summed E-state index contributed by atoms with van der Waals surface area (Å²) in [5, 5.41) is 2.59. The minimum atomic E-state index is -0.397. The lowest BCUT2D eigenvalue weighted by atomic mass is 10.4. The molecule has 1 heterocycles. The Morgan fingerprint density at radius 2 is 2.27 bits per heavy atom. The van der Waals surface area contributed by atoms with E-state index in [1.54, 1.807) is 7.05 Å². The summed E-state index contributed by atoms with van der Waals surface area (Å²) in [6, 6.07) is 2.74. The largest absolute Gasteiger partial charge is 0.371 e. The standard InChI is InChI=1S/C6H9FN4/c1-9-6-4(7)2-3-5(10-6)11-8/h2-3H,8H2,1H3,(H2,9,10,11). The second-order valence-electron chi connectivity index (χ2n) is 1.92. The molecule has 0 aliphatic rings. The predicted molar refractivity (Wildman–Crippen MR) is 41.6 cm³/mol. The number of aromatic nitrogens is 1. The van der Waals surface area contributed by atoms with Crippen LogP contribution in [0.1, 0.15) is 0 Å². The fraction of sp³-hybridized carbons (Fsp3) is 0.167. The van der Waals surface area contributed by atoms with Crippen molar-refractivity contribution in [1.29, 1.82) is 0 Å². The van der Waals surface area contributed by atoms with Crippen molar-refractivity contribution in [2.45, 2.75) is 0 Å². The molecule has 4 N–H and O–H groups in total. The van der Waals surface area contributed by atoms with Crippen molar-refractivity contribution in [1.82, 2.24) is 4.98 Å². The second-order valence-corrected chi connectivity index (χ2v) is 1.92. The predicted octanol–water partition coefficient (Wildman–Crippen LogP) is 0.548. The van der Waals surface area contributed by atoms with Crippen molar-refractivity contribution in [2.24, 2.45) is 5.84 Å². The third-order valence-corrected chi connectivity index (χ3v) is 1.23.